The van der Waals surface area contributed by atoms with E-state index in [1.807, 2.05) is 24.0 Å². The maximum Gasteiger partial charge on any atom is 0.253 e. The van der Waals surface area contributed by atoms with Crippen molar-refractivity contribution in [3.63, 3.8) is 0 Å². The molecule has 2 atom stereocenters. The molecule has 1 aromatic heterocycles. The van der Waals surface area contributed by atoms with Gasteiger partial charge in [0.2, 0.25) is 0 Å². The number of aliphatic hydroxyl groups excluding tert-OH is 1. The van der Waals surface area contributed by atoms with Crippen LogP contribution in [0.25, 0.3) is 10.2 Å². The zero-order valence-electron chi connectivity index (χ0n) is 12.9. The van der Waals surface area contributed by atoms with Gasteiger partial charge in [0.25, 0.3) is 5.91 Å². The quantitative estimate of drug-likeness (QED) is 0.864. The second-order valence-corrected chi connectivity index (χ2v) is 7.67. The molecule has 0 unspecified atom stereocenters. The van der Waals surface area contributed by atoms with Crippen molar-refractivity contribution in [2.45, 2.75) is 6.92 Å². The van der Waals surface area contributed by atoms with Gasteiger partial charge in [0.1, 0.15) is 0 Å². The zero-order valence-corrected chi connectivity index (χ0v) is 13.7. The molecule has 0 radical (unpaired) electrons. The average molecular weight is 333 g/mol. The number of nitrogens with two attached hydrogens (primary N) is 1. The number of hydrogen-bond donors (Lipinski definition) is 2. The number of thiazole rings is 1. The molecule has 2 aliphatic rings. The number of nitrogen functional groups attached to an aromatic ring is 1. The summed E-state index contributed by atoms with van der Waals surface area (Å²) in [6.07, 6.45) is 0. The van der Waals surface area contributed by atoms with E-state index >= 15 is 0 Å². The predicted octanol–water partition coefficient (Wildman–Crippen LogP) is 1.27. The third-order valence-corrected chi connectivity index (χ3v) is 5.90. The molecular formula is C16H19N3O3S. The first-order valence-electron chi connectivity index (χ1n) is 7.67. The number of nitrogens with zero attached hydrogens (tertiary/aromatic N) is 2. The van der Waals surface area contributed by atoms with Gasteiger partial charge in [-0.1, -0.05) is 11.3 Å². The number of hydrogen-bond acceptors (Lipinski definition) is 6. The van der Waals surface area contributed by atoms with Crippen LogP contribution in [-0.4, -0.2) is 53.8 Å². The molecule has 3 N–H and O–H groups in total. The Labute approximate surface area is 137 Å². The van der Waals surface area contributed by atoms with E-state index in [1.165, 1.54) is 11.3 Å². The van der Waals surface area contributed by atoms with Crippen molar-refractivity contribution >= 4 is 32.6 Å². The largest absolute Gasteiger partial charge is 0.396 e. The highest BCUT2D eigenvalue weighted by Gasteiger charge is 2.51. The van der Waals surface area contributed by atoms with E-state index < -0.39 is 0 Å². The molecule has 0 aliphatic carbocycles. The highest BCUT2D eigenvalue weighted by molar-refractivity contribution is 7.22. The molecule has 4 rings (SSSR count). The van der Waals surface area contributed by atoms with E-state index in [4.69, 9.17) is 10.5 Å². The lowest BCUT2D eigenvalue weighted by molar-refractivity contribution is 0.0631. The van der Waals surface area contributed by atoms with Crippen LogP contribution >= 0.6 is 11.3 Å². The molecule has 6 nitrogen and oxygen atoms in total. The topological polar surface area (TPSA) is 88.7 Å². The highest BCUT2D eigenvalue weighted by atomic mass is 32.1. The number of carbonyl (C=O) groups is 1. The number of likely N-dealkylation sites (tertiary alicyclic amines) is 1. The molecule has 0 saturated carbocycles. The number of anilines is 1. The van der Waals surface area contributed by atoms with Gasteiger partial charge in [-0.2, -0.15) is 0 Å². The predicted molar refractivity (Wildman–Crippen MR) is 88.5 cm³/mol. The summed E-state index contributed by atoms with van der Waals surface area (Å²) in [7, 11) is 0. The Kier molecular flexibility index (Phi) is 3.33. The summed E-state index contributed by atoms with van der Waals surface area (Å²) >= 11 is 1.40. The van der Waals surface area contributed by atoms with Crippen LogP contribution in [0, 0.1) is 18.3 Å². The molecular weight excluding hydrogens is 314 g/mol. The minimum Gasteiger partial charge on any atom is -0.396 e. The molecule has 1 aromatic carbocycles. The van der Waals surface area contributed by atoms with Gasteiger partial charge in [-0.25, -0.2) is 4.98 Å². The van der Waals surface area contributed by atoms with E-state index in [9.17, 15) is 9.90 Å². The summed E-state index contributed by atoms with van der Waals surface area (Å²) in [6.45, 7) is 4.34. The molecule has 2 aromatic rings. The fourth-order valence-corrected chi connectivity index (χ4v) is 4.58. The Hall–Kier alpha value is -1.70. The third-order valence-electron chi connectivity index (χ3n) is 5.07. The fraction of sp³-hybridized carbons (Fsp3) is 0.500. The van der Waals surface area contributed by atoms with Gasteiger partial charge in [-0.15, -0.1) is 0 Å². The van der Waals surface area contributed by atoms with E-state index in [2.05, 4.69) is 4.98 Å². The van der Waals surface area contributed by atoms with Crippen LogP contribution in [0.3, 0.4) is 0 Å². The molecule has 3 heterocycles. The number of rotatable bonds is 2. The summed E-state index contributed by atoms with van der Waals surface area (Å²) in [5.74, 6) is 0.226. The van der Waals surface area contributed by atoms with E-state index in [0.717, 1.165) is 15.8 Å². The SMILES string of the molecule is Cc1cc(C(=O)N2C[C@H]3COC[C@@]3(CO)C2)cc2sc(N)nc12. The smallest absolute Gasteiger partial charge is 0.253 e. The van der Waals surface area contributed by atoms with Crippen LogP contribution in [-0.2, 0) is 4.74 Å². The number of benzene rings is 1. The van der Waals surface area contributed by atoms with Crippen molar-refractivity contribution in [1.29, 1.82) is 0 Å². The molecule has 23 heavy (non-hydrogen) atoms. The summed E-state index contributed by atoms with van der Waals surface area (Å²) in [5.41, 5.74) is 7.97. The summed E-state index contributed by atoms with van der Waals surface area (Å²) < 4.78 is 6.44. The van der Waals surface area contributed by atoms with Gasteiger partial charge < -0.3 is 20.5 Å². The van der Waals surface area contributed by atoms with Crippen LogP contribution in [0.4, 0.5) is 5.13 Å². The van der Waals surface area contributed by atoms with Crippen molar-refractivity contribution in [3.8, 4) is 0 Å². The number of amides is 1. The first-order valence-corrected chi connectivity index (χ1v) is 8.48. The number of fused-ring (bicyclic) bond motifs is 2. The van der Waals surface area contributed by atoms with Gasteiger partial charge in [-0.3, -0.25) is 4.79 Å². The van der Waals surface area contributed by atoms with Crippen LogP contribution in [0.5, 0.6) is 0 Å². The van der Waals surface area contributed by atoms with Crippen LogP contribution < -0.4 is 5.73 Å². The fourth-order valence-electron chi connectivity index (χ4n) is 3.73. The molecule has 7 heteroatoms. The van der Waals surface area contributed by atoms with Crippen molar-refractivity contribution < 1.29 is 14.6 Å². The monoisotopic (exact) mass is 333 g/mol. The third kappa shape index (κ3) is 2.22. The first kappa shape index (κ1) is 14.9. The van der Waals surface area contributed by atoms with E-state index in [0.29, 0.717) is 37.0 Å². The van der Waals surface area contributed by atoms with E-state index in [1.54, 1.807) is 0 Å². The number of aryl methyl sites for hydroxylation is 1. The number of ether oxygens (including phenoxy) is 1. The van der Waals surface area contributed by atoms with Gasteiger partial charge >= 0.3 is 0 Å². The van der Waals surface area contributed by atoms with Crippen molar-refractivity contribution in [3.05, 3.63) is 23.3 Å². The minimum absolute atomic E-state index is 0.00389. The zero-order chi connectivity index (χ0) is 16.2. The van der Waals surface area contributed by atoms with Crippen molar-refractivity contribution in [2.75, 3.05) is 38.6 Å². The van der Waals surface area contributed by atoms with E-state index in [-0.39, 0.29) is 23.8 Å². The second-order valence-electron chi connectivity index (χ2n) is 6.61. The summed E-state index contributed by atoms with van der Waals surface area (Å²) in [5, 5.41) is 10.3. The molecule has 122 valence electrons. The lowest BCUT2D eigenvalue weighted by Gasteiger charge is -2.24. The Morgan fingerprint density at radius 3 is 3.17 bits per heavy atom. The lowest BCUT2D eigenvalue weighted by Crippen LogP contribution is -2.36. The van der Waals surface area contributed by atoms with Gasteiger partial charge in [0.05, 0.1) is 30.0 Å². The Morgan fingerprint density at radius 2 is 2.43 bits per heavy atom. The Bertz CT molecular complexity index is 790. The summed E-state index contributed by atoms with van der Waals surface area (Å²) in [6, 6.07) is 3.74. The molecule has 2 aliphatic heterocycles. The maximum atomic E-state index is 12.9. The molecule has 2 saturated heterocycles. The number of aliphatic hydroxyl groups is 1. The van der Waals surface area contributed by atoms with Crippen LogP contribution in [0.15, 0.2) is 12.1 Å². The average Bonchev–Trinajstić information content (AvgIpc) is 3.17. The highest BCUT2D eigenvalue weighted by Crippen LogP contribution is 2.41. The summed E-state index contributed by atoms with van der Waals surface area (Å²) in [4.78, 5) is 19.0. The molecule has 2 fully saturated rings. The minimum atomic E-state index is -0.288. The first-order chi connectivity index (χ1) is 11.0. The standard InChI is InChI=1S/C16H19N3O3S/c1-9-2-10(3-12-13(9)18-15(17)23-12)14(21)19-4-11-5-22-8-16(11,6-19)7-20/h2-3,11,20H,4-8H2,1H3,(H2,17,18)/t11-,16-/m0/s1. The van der Waals surface area contributed by atoms with Crippen molar-refractivity contribution in [2.24, 2.45) is 11.3 Å². The normalized spacial score (nSPS) is 26.9. The number of aromatic nitrogens is 1. The van der Waals surface area contributed by atoms with Gasteiger partial charge in [0.15, 0.2) is 5.13 Å². The van der Waals surface area contributed by atoms with Crippen LogP contribution in [0.1, 0.15) is 15.9 Å². The Morgan fingerprint density at radius 1 is 1.61 bits per heavy atom. The van der Waals surface area contributed by atoms with Crippen LogP contribution in [0.2, 0.25) is 0 Å². The lowest BCUT2D eigenvalue weighted by atomic mass is 9.82. The molecule has 0 bridgehead atoms. The van der Waals surface area contributed by atoms with Crippen molar-refractivity contribution in [1.82, 2.24) is 9.88 Å². The maximum absolute atomic E-state index is 12.9. The number of carbonyl (C=O) groups excluding carboxylic acids is 1. The Balaban J connectivity index is 1.65. The van der Waals surface area contributed by atoms with Gasteiger partial charge in [0, 0.05) is 30.0 Å². The van der Waals surface area contributed by atoms with Gasteiger partial charge in [-0.05, 0) is 24.6 Å². The molecule has 1 amide bonds. The second kappa shape index (κ2) is 5.15. The molecule has 0 spiro atoms.